The summed E-state index contributed by atoms with van der Waals surface area (Å²) in [5.74, 6) is 2.76. The number of aliphatic hydroxyl groups is 2. The van der Waals surface area contributed by atoms with Crippen LogP contribution in [0.1, 0.15) is 78.6 Å². The van der Waals surface area contributed by atoms with Gasteiger partial charge in [0.15, 0.2) is 0 Å². The van der Waals surface area contributed by atoms with Crippen LogP contribution in [-0.4, -0.2) is 33.5 Å². The first-order valence-electron chi connectivity index (χ1n) is 12.3. The lowest BCUT2D eigenvalue weighted by Crippen LogP contribution is -2.58. The summed E-state index contributed by atoms with van der Waals surface area (Å²) < 4.78 is 0. The van der Waals surface area contributed by atoms with Crippen molar-refractivity contribution in [2.45, 2.75) is 90.8 Å². The summed E-state index contributed by atoms with van der Waals surface area (Å²) in [4.78, 5) is 11.4. The number of carbonyl (C=O) groups is 1. The van der Waals surface area contributed by atoms with E-state index in [2.05, 4.69) is 20.8 Å². The van der Waals surface area contributed by atoms with Gasteiger partial charge in [0.2, 0.25) is 0 Å². The molecule has 0 aromatic rings. The molecule has 5 fully saturated rings. The number of aliphatic carboxylic acids is 1. The molecule has 0 spiro atoms. The Morgan fingerprint density at radius 3 is 2.31 bits per heavy atom. The molecule has 12 atom stereocenters. The van der Waals surface area contributed by atoms with Crippen molar-refractivity contribution in [3.8, 4) is 0 Å². The molecule has 164 valence electrons. The third kappa shape index (κ3) is 2.87. The van der Waals surface area contributed by atoms with Crippen molar-refractivity contribution in [3.05, 3.63) is 0 Å². The van der Waals surface area contributed by atoms with Crippen LogP contribution in [0.5, 0.6) is 0 Å². The molecule has 4 heteroatoms. The standard InChI is InChI=1S/C25H40O4/c1-13(16-12-17(16)23(28)29)18-4-5-19-22-20(7-9-25(18,19)3)24(2)8-6-15(26)10-14(24)11-21(22)27/h13-22,26-27H,4-12H2,1-3H3,(H,28,29)/t13-,14+,15-,16+,17+,18-,19?,20?,21?,22?,24+,25-/m1/s1. The molecule has 5 aliphatic carbocycles. The molecule has 0 radical (unpaired) electrons. The monoisotopic (exact) mass is 404 g/mol. The maximum Gasteiger partial charge on any atom is 0.306 e. The molecule has 3 N–H and O–H groups in total. The van der Waals surface area contributed by atoms with Gasteiger partial charge in [-0.15, -0.1) is 0 Å². The Hall–Kier alpha value is -0.610. The average Bonchev–Trinajstić information content (AvgIpc) is 3.39. The summed E-state index contributed by atoms with van der Waals surface area (Å²) in [6.07, 6.45) is 9.08. The molecular formula is C25H40O4. The highest BCUT2D eigenvalue weighted by atomic mass is 16.4. The van der Waals surface area contributed by atoms with Crippen LogP contribution in [0.2, 0.25) is 0 Å². The van der Waals surface area contributed by atoms with Crippen LogP contribution < -0.4 is 0 Å². The zero-order valence-corrected chi connectivity index (χ0v) is 18.4. The van der Waals surface area contributed by atoms with Crippen LogP contribution in [-0.2, 0) is 4.79 Å². The number of hydrogen-bond acceptors (Lipinski definition) is 3. The Morgan fingerprint density at radius 1 is 0.931 bits per heavy atom. The van der Waals surface area contributed by atoms with Crippen molar-refractivity contribution >= 4 is 5.97 Å². The first-order valence-corrected chi connectivity index (χ1v) is 12.3. The van der Waals surface area contributed by atoms with Gasteiger partial charge >= 0.3 is 5.97 Å². The Labute approximate surface area is 175 Å². The fraction of sp³-hybridized carbons (Fsp3) is 0.960. The lowest BCUT2D eigenvalue weighted by molar-refractivity contribution is -0.174. The molecule has 4 nitrogen and oxygen atoms in total. The minimum absolute atomic E-state index is 0.113. The topological polar surface area (TPSA) is 77.8 Å². The molecule has 0 aromatic heterocycles. The predicted octanol–water partition coefficient (Wildman–Crippen LogP) is 4.33. The lowest BCUT2D eigenvalue weighted by Gasteiger charge is -2.62. The van der Waals surface area contributed by atoms with Gasteiger partial charge in [0.05, 0.1) is 18.1 Å². The van der Waals surface area contributed by atoms with E-state index in [0.29, 0.717) is 41.4 Å². The number of carboxylic acids is 1. The predicted molar refractivity (Wildman–Crippen MR) is 111 cm³/mol. The normalized spacial score (nSPS) is 57.3. The summed E-state index contributed by atoms with van der Waals surface area (Å²) in [5.41, 5.74) is 0.531. The summed E-state index contributed by atoms with van der Waals surface area (Å²) in [6, 6.07) is 0. The lowest BCUT2D eigenvalue weighted by atomic mass is 9.43. The second kappa shape index (κ2) is 6.69. The fourth-order valence-corrected chi connectivity index (χ4v) is 9.48. The van der Waals surface area contributed by atoms with E-state index in [1.165, 1.54) is 25.7 Å². The average molecular weight is 405 g/mol. The first kappa shape index (κ1) is 20.3. The number of carboxylic acid groups (broad SMARTS) is 1. The zero-order chi connectivity index (χ0) is 20.7. The molecule has 0 aromatic carbocycles. The van der Waals surface area contributed by atoms with Crippen molar-refractivity contribution in [3.63, 3.8) is 0 Å². The van der Waals surface area contributed by atoms with E-state index in [0.717, 1.165) is 32.1 Å². The van der Waals surface area contributed by atoms with Gasteiger partial charge < -0.3 is 15.3 Å². The molecule has 5 saturated carbocycles. The minimum atomic E-state index is -0.605. The Balaban J connectivity index is 1.39. The molecule has 0 saturated heterocycles. The quantitative estimate of drug-likeness (QED) is 0.654. The van der Waals surface area contributed by atoms with Crippen LogP contribution in [0.15, 0.2) is 0 Å². The van der Waals surface area contributed by atoms with Crippen molar-refractivity contribution in [2.24, 2.45) is 58.2 Å². The smallest absolute Gasteiger partial charge is 0.306 e. The third-order valence-electron chi connectivity index (χ3n) is 11.2. The fourth-order valence-electron chi connectivity index (χ4n) is 9.48. The van der Waals surface area contributed by atoms with Crippen LogP contribution in [0.25, 0.3) is 0 Å². The van der Waals surface area contributed by atoms with E-state index in [9.17, 15) is 20.1 Å². The molecule has 29 heavy (non-hydrogen) atoms. The molecule has 4 unspecified atom stereocenters. The highest BCUT2D eigenvalue weighted by Gasteiger charge is 2.64. The third-order valence-corrected chi connectivity index (χ3v) is 11.2. The maximum absolute atomic E-state index is 11.4. The van der Waals surface area contributed by atoms with Crippen LogP contribution >= 0.6 is 0 Å². The van der Waals surface area contributed by atoms with Crippen molar-refractivity contribution in [1.29, 1.82) is 0 Å². The number of fused-ring (bicyclic) bond motifs is 5. The SMILES string of the molecule is C[C@H]([C@@H]1C[C@@H]1C(=O)O)[C@H]1CCC2C3C(O)C[C@@H]4C[C@H](O)CC[C@]4(C)C3CC[C@@]21C. The van der Waals surface area contributed by atoms with Gasteiger partial charge in [0, 0.05) is 0 Å². The molecule has 0 amide bonds. The number of aliphatic hydroxyl groups excluding tert-OH is 2. The van der Waals surface area contributed by atoms with Gasteiger partial charge in [-0.2, -0.15) is 0 Å². The maximum atomic E-state index is 11.4. The van der Waals surface area contributed by atoms with E-state index in [4.69, 9.17) is 0 Å². The molecule has 5 rings (SSSR count). The molecule has 5 aliphatic rings. The summed E-state index contributed by atoms with van der Waals surface area (Å²) in [6.45, 7) is 7.26. The van der Waals surface area contributed by atoms with Crippen molar-refractivity contribution < 1.29 is 20.1 Å². The van der Waals surface area contributed by atoms with Gasteiger partial charge in [-0.1, -0.05) is 20.8 Å². The molecule has 0 aliphatic heterocycles. The van der Waals surface area contributed by atoms with Gasteiger partial charge in [-0.05, 0) is 110 Å². The summed E-state index contributed by atoms with van der Waals surface area (Å²) >= 11 is 0. The van der Waals surface area contributed by atoms with Crippen LogP contribution in [0.3, 0.4) is 0 Å². The first-order chi connectivity index (χ1) is 13.7. The van der Waals surface area contributed by atoms with Crippen LogP contribution in [0.4, 0.5) is 0 Å². The Morgan fingerprint density at radius 2 is 1.62 bits per heavy atom. The van der Waals surface area contributed by atoms with Crippen LogP contribution in [0, 0.1) is 58.2 Å². The summed E-state index contributed by atoms with van der Waals surface area (Å²) in [5, 5.41) is 30.9. The second-order valence-electron chi connectivity index (χ2n) is 12.2. The van der Waals surface area contributed by atoms with E-state index in [1.807, 2.05) is 0 Å². The Kier molecular flexibility index (Phi) is 4.68. The number of rotatable bonds is 3. The highest BCUT2D eigenvalue weighted by molar-refractivity contribution is 5.73. The zero-order valence-electron chi connectivity index (χ0n) is 18.4. The summed E-state index contributed by atoms with van der Waals surface area (Å²) in [7, 11) is 0. The van der Waals surface area contributed by atoms with Gasteiger partial charge in [0.25, 0.3) is 0 Å². The van der Waals surface area contributed by atoms with Gasteiger partial charge in [-0.3, -0.25) is 4.79 Å². The van der Waals surface area contributed by atoms with Gasteiger partial charge in [-0.25, -0.2) is 0 Å². The Bertz CT molecular complexity index is 678. The van der Waals surface area contributed by atoms with E-state index < -0.39 is 5.97 Å². The number of hydrogen-bond donors (Lipinski definition) is 3. The molecule has 0 heterocycles. The molecule has 0 bridgehead atoms. The van der Waals surface area contributed by atoms with Crippen molar-refractivity contribution in [2.75, 3.05) is 0 Å². The van der Waals surface area contributed by atoms with E-state index >= 15 is 0 Å². The molecular weight excluding hydrogens is 364 g/mol. The highest BCUT2D eigenvalue weighted by Crippen LogP contribution is 2.69. The minimum Gasteiger partial charge on any atom is -0.481 e. The largest absolute Gasteiger partial charge is 0.481 e. The van der Waals surface area contributed by atoms with E-state index in [-0.39, 0.29) is 29.0 Å². The second-order valence-corrected chi connectivity index (χ2v) is 12.2. The van der Waals surface area contributed by atoms with Crippen molar-refractivity contribution in [1.82, 2.24) is 0 Å². The van der Waals surface area contributed by atoms with Gasteiger partial charge in [0.1, 0.15) is 0 Å². The van der Waals surface area contributed by atoms with E-state index in [1.54, 1.807) is 0 Å².